The van der Waals surface area contributed by atoms with Crippen LogP contribution in [0.4, 0.5) is 5.82 Å². The molecule has 0 spiro atoms. The lowest BCUT2D eigenvalue weighted by atomic mass is 9.99. The van der Waals surface area contributed by atoms with E-state index in [4.69, 9.17) is 14.2 Å². The second-order valence-electron chi connectivity index (χ2n) is 10.1. The number of anilines is 1. The lowest BCUT2D eigenvalue weighted by Gasteiger charge is -2.31. The van der Waals surface area contributed by atoms with Gasteiger partial charge >= 0.3 is 0 Å². The van der Waals surface area contributed by atoms with Crippen LogP contribution in [0.3, 0.4) is 0 Å². The van der Waals surface area contributed by atoms with E-state index >= 15 is 0 Å². The highest BCUT2D eigenvalue weighted by molar-refractivity contribution is 5.83. The molecule has 2 aliphatic rings. The van der Waals surface area contributed by atoms with Crippen molar-refractivity contribution in [2.45, 2.75) is 39.2 Å². The molecule has 1 aromatic carbocycles. The molecule has 1 amide bonds. The fraction of sp³-hybridized carbons (Fsp3) is 0.444. The lowest BCUT2D eigenvalue weighted by Crippen LogP contribution is -2.50. The SMILES string of the molecule is CC1CCN(c2cc(OCCNC(=O)C(C)(C)n3nc(-c4ccc5c(c4)OCO5)ccc3=O)ncn2)CC1. The Balaban J connectivity index is 1.19. The van der Waals surface area contributed by atoms with Crippen LogP contribution in [-0.2, 0) is 10.3 Å². The number of hydrogen-bond acceptors (Lipinski definition) is 9. The van der Waals surface area contributed by atoms with Crippen LogP contribution in [0.1, 0.15) is 33.6 Å². The maximum atomic E-state index is 13.1. The van der Waals surface area contributed by atoms with E-state index in [0.29, 0.717) is 23.1 Å². The fourth-order valence-electron chi connectivity index (χ4n) is 4.47. The zero-order valence-corrected chi connectivity index (χ0v) is 21.8. The minimum Gasteiger partial charge on any atom is -0.476 e. The Morgan fingerprint density at radius 2 is 1.89 bits per heavy atom. The molecule has 0 atom stereocenters. The van der Waals surface area contributed by atoms with Gasteiger partial charge in [-0.2, -0.15) is 5.10 Å². The number of fused-ring (bicyclic) bond motifs is 1. The summed E-state index contributed by atoms with van der Waals surface area (Å²) in [6.45, 7) is 8.11. The molecule has 0 aliphatic carbocycles. The van der Waals surface area contributed by atoms with Gasteiger partial charge in [0.1, 0.15) is 24.3 Å². The van der Waals surface area contributed by atoms with E-state index in [1.54, 1.807) is 32.0 Å². The molecule has 38 heavy (non-hydrogen) atoms. The van der Waals surface area contributed by atoms with Crippen LogP contribution in [-0.4, -0.2) is 58.7 Å². The first kappa shape index (κ1) is 25.5. The van der Waals surface area contributed by atoms with E-state index in [-0.39, 0.29) is 31.4 Å². The number of piperidine rings is 1. The van der Waals surface area contributed by atoms with Crippen molar-refractivity contribution in [2.24, 2.45) is 5.92 Å². The Morgan fingerprint density at radius 1 is 1.11 bits per heavy atom. The average Bonchev–Trinajstić information content (AvgIpc) is 3.40. The van der Waals surface area contributed by atoms with Crippen molar-refractivity contribution in [3.63, 3.8) is 0 Å². The van der Waals surface area contributed by atoms with Gasteiger partial charge in [0.25, 0.3) is 5.56 Å². The van der Waals surface area contributed by atoms with Crippen LogP contribution in [0.15, 0.2) is 47.5 Å². The van der Waals surface area contributed by atoms with Crippen LogP contribution in [0.25, 0.3) is 11.3 Å². The highest BCUT2D eigenvalue weighted by atomic mass is 16.7. The van der Waals surface area contributed by atoms with Gasteiger partial charge in [-0.1, -0.05) is 6.92 Å². The van der Waals surface area contributed by atoms with Gasteiger partial charge in [0.2, 0.25) is 18.6 Å². The van der Waals surface area contributed by atoms with Gasteiger partial charge in [0.05, 0.1) is 12.2 Å². The monoisotopic (exact) mass is 520 g/mol. The minimum atomic E-state index is -1.24. The number of carbonyl (C=O) groups excluding carboxylic acids is 1. The molecule has 11 heteroatoms. The number of nitrogens with zero attached hydrogens (tertiary/aromatic N) is 5. The molecule has 2 aliphatic heterocycles. The number of hydrogen-bond donors (Lipinski definition) is 1. The normalized spacial score (nSPS) is 15.4. The lowest BCUT2D eigenvalue weighted by molar-refractivity contribution is -0.129. The average molecular weight is 521 g/mol. The molecule has 0 unspecified atom stereocenters. The third-order valence-corrected chi connectivity index (χ3v) is 6.93. The molecule has 11 nitrogen and oxygen atoms in total. The predicted molar refractivity (Wildman–Crippen MR) is 141 cm³/mol. The maximum Gasteiger partial charge on any atom is 0.267 e. The third kappa shape index (κ3) is 5.41. The molecular weight excluding hydrogens is 488 g/mol. The van der Waals surface area contributed by atoms with Gasteiger partial charge in [0.15, 0.2) is 11.5 Å². The van der Waals surface area contributed by atoms with Gasteiger partial charge < -0.3 is 24.4 Å². The molecule has 0 radical (unpaired) electrons. The van der Waals surface area contributed by atoms with Gasteiger partial charge in [0, 0.05) is 30.8 Å². The molecule has 1 N–H and O–H groups in total. The second-order valence-corrected chi connectivity index (χ2v) is 10.1. The molecule has 0 bridgehead atoms. The van der Waals surface area contributed by atoms with Crippen molar-refractivity contribution >= 4 is 11.7 Å². The van der Waals surface area contributed by atoms with Gasteiger partial charge in [-0.25, -0.2) is 14.6 Å². The number of carbonyl (C=O) groups is 1. The summed E-state index contributed by atoms with van der Waals surface area (Å²) in [4.78, 5) is 36.6. The number of aromatic nitrogens is 4. The predicted octanol–water partition coefficient (Wildman–Crippen LogP) is 2.60. The van der Waals surface area contributed by atoms with Crippen LogP contribution < -0.4 is 30.0 Å². The molecular formula is C27H32N6O5. The first-order valence-corrected chi connectivity index (χ1v) is 12.8. The Labute approximate surface area is 220 Å². The Morgan fingerprint density at radius 3 is 2.71 bits per heavy atom. The summed E-state index contributed by atoms with van der Waals surface area (Å²) in [6.07, 6.45) is 3.77. The summed E-state index contributed by atoms with van der Waals surface area (Å²) in [5.41, 5.74) is -0.339. The van der Waals surface area contributed by atoms with Gasteiger partial charge in [-0.15, -0.1) is 0 Å². The number of amides is 1. The standard InChI is InChI=1S/C27H32N6O5/c1-18-8-11-32(12-9-18)23-15-24(30-16-29-23)36-13-10-28-26(35)27(2,3)33-25(34)7-5-20(31-33)19-4-6-21-22(14-19)38-17-37-21/h4-7,14-16,18H,8-13,17H2,1-3H3,(H,28,35). The molecule has 5 rings (SSSR count). The van der Waals surface area contributed by atoms with E-state index < -0.39 is 5.54 Å². The van der Waals surface area contributed by atoms with E-state index in [1.165, 1.54) is 17.1 Å². The van der Waals surface area contributed by atoms with E-state index in [0.717, 1.165) is 43.2 Å². The summed E-state index contributed by atoms with van der Waals surface area (Å²) in [5.74, 6) is 2.94. The van der Waals surface area contributed by atoms with Crippen molar-refractivity contribution in [1.82, 2.24) is 25.1 Å². The van der Waals surface area contributed by atoms with Crippen LogP contribution >= 0.6 is 0 Å². The minimum absolute atomic E-state index is 0.165. The van der Waals surface area contributed by atoms with Crippen molar-refractivity contribution in [1.29, 1.82) is 0 Å². The second kappa shape index (κ2) is 10.7. The quantitative estimate of drug-likeness (QED) is 0.447. The largest absolute Gasteiger partial charge is 0.476 e. The van der Waals surface area contributed by atoms with E-state index in [1.807, 2.05) is 12.1 Å². The molecule has 0 saturated carbocycles. The summed E-state index contributed by atoms with van der Waals surface area (Å²) in [5, 5.41) is 7.33. The van der Waals surface area contributed by atoms with Gasteiger partial charge in [-0.3, -0.25) is 9.59 Å². The van der Waals surface area contributed by atoms with Crippen molar-refractivity contribution in [3.05, 3.63) is 53.1 Å². The number of ether oxygens (including phenoxy) is 3. The Hall–Kier alpha value is -4.15. The number of nitrogens with one attached hydrogen (secondary N) is 1. The Kier molecular flexibility index (Phi) is 7.17. The Bertz CT molecular complexity index is 1370. The summed E-state index contributed by atoms with van der Waals surface area (Å²) in [6, 6.07) is 10.3. The molecule has 1 saturated heterocycles. The van der Waals surface area contributed by atoms with E-state index in [2.05, 4.69) is 32.2 Å². The van der Waals surface area contributed by atoms with Crippen molar-refractivity contribution in [3.8, 4) is 28.6 Å². The zero-order valence-electron chi connectivity index (χ0n) is 21.8. The van der Waals surface area contributed by atoms with Crippen LogP contribution in [0.2, 0.25) is 0 Å². The first-order chi connectivity index (χ1) is 18.3. The van der Waals surface area contributed by atoms with Crippen LogP contribution in [0, 0.1) is 5.92 Å². The topological polar surface area (TPSA) is 121 Å². The van der Waals surface area contributed by atoms with Crippen LogP contribution in [0.5, 0.6) is 17.4 Å². The summed E-state index contributed by atoms with van der Waals surface area (Å²) >= 11 is 0. The van der Waals surface area contributed by atoms with Gasteiger partial charge in [-0.05, 0) is 56.9 Å². The zero-order chi connectivity index (χ0) is 26.7. The maximum absolute atomic E-state index is 13.1. The highest BCUT2D eigenvalue weighted by Gasteiger charge is 2.32. The third-order valence-electron chi connectivity index (χ3n) is 6.93. The molecule has 4 heterocycles. The molecule has 3 aromatic rings. The number of rotatable bonds is 8. The fourth-order valence-corrected chi connectivity index (χ4v) is 4.47. The number of benzene rings is 1. The molecule has 200 valence electrons. The summed E-state index contributed by atoms with van der Waals surface area (Å²) in [7, 11) is 0. The highest BCUT2D eigenvalue weighted by Crippen LogP contribution is 2.35. The first-order valence-electron chi connectivity index (χ1n) is 12.8. The van der Waals surface area contributed by atoms with Crippen molar-refractivity contribution < 1.29 is 19.0 Å². The van der Waals surface area contributed by atoms with E-state index in [9.17, 15) is 9.59 Å². The molecule has 1 fully saturated rings. The van der Waals surface area contributed by atoms with Crippen molar-refractivity contribution in [2.75, 3.05) is 37.9 Å². The summed E-state index contributed by atoms with van der Waals surface area (Å²) < 4.78 is 17.8. The smallest absolute Gasteiger partial charge is 0.267 e. The molecule has 2 aromatic heterocycles.